The monoisotopic (exact) mass is 282 g/mol. The first-order valence-electron chi connectivity index (χ1n) is 6.59. The van der Waals surface area contributed by atoms with Crippen LogP contribution in [0.1, 0.15) is 25.8 Å². The summed E-state index contributed by atoms with van der Waals surface area (Å²) in [5.41, 5.74) is 0.903. The Bertz CT molecular complexity index is 552. The van der Waals surface area contributed by atoms with Crippen LogP contribution in [0.25, 0.3) is 0 Å². The zero-order valence-corrected chi connectivity index (χ0v) is 12.6. The summed E-state index contributed by atoms with van der Waals surface area (Å²) in [6.45, 7) is 6.00. The number of nitrogens with zero attached hydrogens (tertiary/aromatic N) is 1. The summed E-state index contributed by atoms with van der Waals surface area (Å²) in [5, 5.41) is 3.02. The van der Waals surface area contributed by atoms with Gasteiger partial charge in [-0.3, -0.25) is 0 Å². The molecule has 106 valence electrons. The SMILES string of the molecule is CNCc1ccccc1S(=O)(=O)N1CCC(C)(C)C1. The van der Waals surface area contributed by atoms with Crippen molar-refractivity contribution in [3.63, 3.8) is 0 Å². The zero-order chi connectivity index (χ0) is 14.1. The van der Waals surface area contributed by atoms with Crippen molar-refractivity contribution >= 4 is 10.0 Å². The van der Waals surface area contributed by atoms with Crippen LogP contribution in [0.3, 0.4) is 0 Å². The van der Waals surface area contributed by atoms with Gasteiger partial charge in [-0.15, -0.1) is 0 Å². The fraction of sp³-hybridized carbons (Fsp3) is 0.571. The minimum atomic E-state index is -3.37. The van der Waals surface area contributed by atoms with Gasteiger partial charge >= 0.3 is 0 Å². The summed E-state index contributed by atoms with van der Waals surface area (Å²) in [4.78, 5) is 0.432. The molecule has 1 N–H and O–H groups in total. The number of sulfonamides is 1. The smallest absolute Gasteiger partial charge is 0.243 e. The van der Waals surface area contributed by atoms with E-state index in [0.29, 0.717) is 24.5 Å². The molecule has 0 atom stereocenters. The lowest BCUT2D eigenvalue weighted by Crippen LogP contribution is -2.31. The maximum atomic E-state index is 12.7. The number of hydrogen-bond acceptors (Lipinski definition) is 3. The molecule has 0 aromatic heterocycles. The van der Waals surface area contributed by atoms with Crippen LogP contribution in [-0.4, -0.2) is 32.9 Å². The maximum absolute atomic E-state index is 12.7. The Labute approximate surface area is 115 Å². The van der Waals surface area contributed by atoms with E-state index in [1.807, 2.05) is 19.2 Å². The van der Waals surface area contributed by atoms with Gasteiger partial charge in [0.25, 0.3) is 0 Å². The lowest BCUT2D eigenvalue weighted by Gasteiger charge is -2.21. The number of rotatable bonds is 4. The second-order valence-electron chi connectivity index (χ2n) is 5.89. The predicted octanol–water partition coefficient (Wildman–Crippen LogP) is 1.83. The summed E-state index contributed by atoms with van der Waals surface area (Å²) in [6.07, 6.45) is 0.917. The van der Waals surface area contributed by atoms with Crippen molar-refractivity contribution in [2.24, 2.45) is 5.41 Å². The van der Waals surface area contributed by atoms with Crippen LogP contribution in [0.5, 0.6) is 0 Å². The van der Waals surface area contributed by atoms with Gasteiger partial charge in [-0.1, -0.05) is 32.0 Å². The topological polar surface area (TPSA) is 49.4 Å². The fourth-order valence-corrected chi connectivity index (χ4v) is 4.35. The molecule has 0 aliphatic carbocycles. The molecule has 4 nitrogen and oxygen atoms in total. The van der Waals surface area contributed by atoms with Gasteiger partial charge in [0, 0.05) is 19.6 Å². The van der Waals surface area contributed by atoms with Crippen molar-refractivity contribution < 1.29 is 8.42 Å². The van der Waals surface area contributed by atoms with E-state index in [-0.39, 0.29) is 5.41 Å². The van der Waals surface area contributed by atoms with Crippen molar-refractivity contribution in [3.05, 3.63) is 29.8 Å². The second kappa shape index (κ2) is 5.23. The first kappa shape index (κ1) is 14.5. The van der Waals surface area contributed by atoms with E-state index in [2.05, 4.69) is 19.2 Å². The number of benzene rings is 1. The molecule has 1 saturated heterocycles. The Balaban J connectivity index is 2.35. The molecule has 1 aliphatic rings. The molecule has 1 aromatic carbocycles. The fourth-order valence-electron chi connectivity index (χ4n) is 2.50. The zero-order valence-electron chi connectivity index (χ0n) is 11.8. The van der Waals surface area contributed by atoms with Crippen LogP contribution in [0.2, 0.25) is 0 Å². The highest BCUT2D eigenvalue weighted by atomic mass is 32.2. The number of hydrogen-bond donors (Lipinski definition) is 1. The molecule has 0 spiro atoms. The van der Waals surface area contributed by atoms with Crippen molar-refractivity contribution in [1.82, 2.24) is 9.62 Å². The highest BCUT2D eigenvalue weighted by Crippen LogP contribution is 2.33. The third kappa shape index (κ3) is 2.99. The molecule has 0 radical (unpaired) electrons. The van der Waals surface area contributed by atoms with E-state index in [4.69, 9.17) is 0 Å². The quantitative estimate of drug-likeness (QED) is 0.916. The summed E-state index contributed by atoms with van der Waals surface area (Å²) in [7, 11) is -1.55. The van der Waals surface area contributed by atoms with Crippen LogP contribution in [0.4, 0.5) is 0 Å². The Morgan fingerprint density at radius 1 is 1.32 bits per heavy atom. The molecule has 1 aromatic rings. The molecule has 0 amide bonds. The van der Waals surface area contributed by atoms with Gasteiger partial charge in [0.15, 0.2) is 0 Å². The van der Waals surface area contributed by atoms with Gasteiger partial charge < -0.3 is 5.32 Å². The molecule has 5 heteroatoms. The third-order valence-corrected chi connectivity index (χ3v) is 5.55. The Morgan fingerprint density at radius 3 is 2.58 bits per heavy atom. The molecular weight excluding hydrogens is 260 g/mol. The highest BCUT2D eigenvalue weighted by molar-refractivity contribution is 7.89. The minimum absolute atomic E-state index is 0.0744. The average Bonchev–Trinajstić information content (AvgIpc) is 2.71. The minimum Gasteiger partial charge on any atom is -0.316 e. The lowest BCUT2D eigenvalue weighted by molar-refractivity contribution is 0.375. The van der Waals surface area contributed by atoms with Gasteiger partial charge in [0.05, 0.1) is 4.90 Å². The maximum Gasteiger partial charge on any atom is 0.243 e. The van der Waals surface area contributed by atoms with Gasteiger partial charge in [-0.25, -0.2) is 8.42 Å². The first-order valence-corrected chi connectivity index (χ1v) is 8.03. The standard InChI is InChI=1S/C14H22N2O2S/c1-14(2)8-9-16(11-14)19(17,18)13-7-5-4-6-12(13)10-15-3/h4-7,15H,8-11H2,1-3H3. The van der Waals surface area contributed by atoms with E-state index < -0.39 is 10.0 Å². The van der Waals surface area contributed by atoms with E-state index in [9.17, 15) is 8.42 Å². The molecular formula is C14H22N2O2S. The molecule has 0 saturated carbocycles. The van der Waals surface area contributed by atoms with Crippen LogP contribution in [0.15, 0.2) is 29.2 Å². The van der Waals surface area contributed by atoms with E-state index in [0.717, 1.165) is 12.0 Å². The first-order chi connectivity index (χ1) is 8.87. The molecule has 19 heavy (non-hydrogen) atoms. The van der Waals surface area contributed by atoms with Gasteiger partial charge in [0.1, 0.15) is 0 Å². The van der Waals surface area contributed by atoms with Crippen molar-refractivity contribution in [2.45, 2.75) is 31.7 Å². The van der Waals surface area contributed by atoms with Gasteiger partial charge in [-0.05, 0) is 30.5 Å². The van der Waals surface area contributed by atoms with E-state index in [1.165, 1.54) is 0 Å². The largest absolute Gasteiger partial charge is 0.316 e. The molecule has 1 heterocycles. The summed E-state index contributed by atoms with van der Waals surface area (Å²) >= 11 is 0. The predicted molar refractivity (Wildman–Crippen MR) is 76.4 cm³/mol. The highest BCUT2D eigenvalue weighted by Gasteiger charge is 2.37. The van der Waals surface area contributed by atoms with Crippen molar-refractivity contribution in [2.75, 3.05) is 20.1 Å². The average molecular weight is 282 g/mol. The van der Waals surface area contributed by atoms with E-state index in [1.54, 1.807) is 16.4 Å². The van der Waals surface area contributed by atoms with Gasteiger partial charge in [-0.2, -0.15) is 4.31 Å². The summed E-state index contributed by atoms with van der Waals surface area (Å²) < 4.78 is 27.0. The van der Waals surface area contributed by atoms with Crippen LogP contribution in [-0.2, 0) is 16.6 Å². The van der Waals surface area contributed by atoms with Crippen LogP contribution >= 0.6 is 0 Å². The Hall–Kier alpha value is -0.910. The van der Waals surface area contributed by atoms with Crippen LogP contribution < -0.4 is 5.32 Å². The Kier molecular flexibility index (Phi) is 3.99. The molecule has 0 unspecified atom stereocenters. The van der Waals surface area contributed by atoms with Gasteiger partial charge in [0.2, 0.25) is 10.0 Å². The Morgan fingerprint density at radius 2 is 2.00 bits per heavy atom. The van der Waals surface area contributed by atoms with Crippen molar-refractivity contribution in [1.29, 1.82) is 0 Å². The normalized spacial score (nSPS) is 19.7. The second-order valence-corrected chi connectivity index (χ2v) is 7.80. The van der Waals surface area contributed by atoms with Crippen molar-refractivity contribution in [3.8, 4) is 0 Å². The molecule has 0 bridgehead atoms. The molecule has 1 fully saturated rings. The van der Waals surface area contributed by atoms with E-state index >= 15 is 0 Å². The molecule has 2 rings (SSSR count). The summed E-state index contributed by atoms with van der Waals surface area (Å²) in [6, 6.07) is 7.23. The molecule has 1 aliphatic heterocycles. The summed E-state index contributed by atoms with van der Waals surface area (Å²) in [5.74, 6) is 0. The third-order valence-electron chi connectivity index (χ3n) is 3.60. The van der Waals surface area contributed by atoms with Crippen LogP contribution in [0, 0.1) is 5.41 Å². The number of nitrogens with one attached hydrogen (secondary N) is 1. The lowest BCUT2D eigenvalue weighted by atomic mass is 9.93.